The monoisotopic (exact) mass is 684 g/mol. The molecule has 48 heavy (non-hydrogen) atoms. The fraction of sp³-hybridized carbons (Fsp3) is 0.323. The second-order valence-electron chi connectivity index (χ2n) is 11.0. The van der Waals surface area contributed by atoms with E-state index in [0.29, 0.717) is 5.75 Å². The fourth-order valence-corrected chi connectivity index (χ4v) is 5.07. The van der Waals surface area contributed by atoms with Crippen LogP contribution in [0.3, 0.4) is 0 Å². The van der Waals surface area contributed by atoms with E-state index in [1.807, 2.05) is 20.8 Å². The lowest BCUT2D eigenvalue weighted by Gasteiger charge is -2.20. The van der Waals surface area contributed by atoms with Crippen LogP contribution in [0.1, 0.15) is 39.2 Å². The Morgan fingerprint density at radius 1 is 0.896 bits per heavy atom. The van der Waals surface area contributed by atoms with E-state index in [2.05, 4.69) is 29.5 Å². The Labute approximate surface area is 277 Å². The molecule has 17 heteroatoms. The third kappa shape index (κ3) is 10.0. The summed E-state index contributed by atoms with van der Waals surface area (Å²) in [6.07, 6.45) is 3.02. The average Bonchev–Trinajstić information content (AvgIpc) is 3.06. The molecule has 3 N–H and O–H groups in total. The molecule has 0 fully saturated rings. The van der Waals surface area contributed by atoms with Crippen molar-refractivity contribution in [3.63, 3.8) is 0 Å². The summed E-state index contributed by atoms with van der Waals surface area (Å²) in [5.41, 5.74) is 0.748. The molecule has 0 aliphatic carbocycles. The van der Waals surface area contributed by atoms with Gasteiger partial charge in [-0.3, -0.25) is 24.8 Å². The van der Waals surface area contributed by atoms with E-state index in [1.165, 1.54) is 31.6 Å². The molecule has 2 heterocycles. The largest absolute Gasteiger partial charge is 0.493 e. The van der Waals surface area contributed by atoms with Crippen LogP contribution in [0.25, 0.3) is 11.6 Å². The van der Waals surface area contributed by atoms with Crippen molar-refractivity contribution in [2.45, 2.75) is 43.9 Å². The topological polar surface area (TPSA) is 205 Å². The highest BCUT2D eigenvalue weighted by molar-refractivity contribution is 7.92. The molecule has 0 amide bonds. The molecule has 16 nitrogen and oxygen atoms in total. The number of carbonyl (C=O) groups is 1. The van der Waals surface area contributed by atoms with Gasteiger partial charge in [0.05, 0.1) is 24.0 Å². The van der Waals surface area contributed by atoms with Gasteiger partial charge in [0.25, 0.3) is 15.9 Å². The van der Waals surface area contributed by atoms with Crippen molar-refractivity contribution >= 4 is 21.8 Å². The predicted octanol–water partition coefficient (Wildman–Crippen LogP) is 4.55. The summed E-state index contributed by atoms with van der Waals surface area (Å²) in [5.74, 6) is -0.797. The van der Waals surface area contributed by atoms with Crippen LogP contribution >= 0.6 is 0 Å². The van der Waals surface area contributed by atoms with Crippen LogP contribution in [-0.4, -0.2) is 77.1 Å². The van der Waals surface area contributed by atoms with E-state index in [0.717, 1.165) is 5.56 Å². The lowest BCUT2D eigenvalue weighted by molar-refractivity contribution is -0.492. The number of methoxy groups -OCH3 is 1. The van der Waals surface area contributed by atoms with Crippen molar-refractivity contribution in [2.75, 3.05) is 31.7 Å². The number of carbonyl (C=O) groups excluding carboxylic acids is 1. The highest BCUT2D eigenvalue weighted by atomic mass is 32.2. The first-order valence-corrected chi connectivity index (χ1v) is 16.1. The zero-order valence-electron chi connectivity index (χ0n) is 26.7. The molecular formula is C31H36N6O10S. The lowest BCUT2D eigenvalue weighted by atomic mass is 9.87. The second-order valence-corrected chi connectivity index (χ2v) is 12.7. The van der Waals surface area contributed by atoms with Gasteiger partial charge < -0.3 is 18.9 Å². The van der Waals surface area contributed by atoms with Crippen molar-refractivity contribution in [1.82, 2.24) is 25.3 Å². The van der Waals surface area contributed by atoms with Gasteiger partial charge in [-0.15, -0.1) is 0 Å². The minimum absolute atomic E-state index is 0.0275. The minimum Gasteiger partial charge on any atom is -0.493 e. The van der Waals surface area contributed by atoms with Crippen molar-refractivity contribution in [3.05, 3.63) is 72.6 Å². The van der Waals surface area contributed by atoms with Crippen LogP contribution < -0.4 is 18.9 Å². The molecule has 0 radical (unpaired) electrons. The molecule has 0 aliphatic rings. The number of aromatic nitrogens is 4. The summed E-state index contributed by atoms with van der Waals surface area (Å²) in [6.45, 7) is 5.48. The van der Waals surface area contributed by atoms with Gasteiger partial charge in [-0.05, 0) is 47.7 Å². The van der Waals surface area contributed by atoms with Gasteiger partial charge in [-0.1, -0.05) is 45.0 Å². The quantitative estimate of drug-likeness (QED) is 0.0841. The van der Waals surface area contributed by atoms with E-state index in [9.17, 15) is 13.2 Å². The van der Waals surface area contributed by atoms with Gasteiger partial charge in [-0.2, -0.15) is 4.98 Å². The predicted molar refractivity (Wildman–Crippen MR) is 169 cm³/mol. The Morgan fingerprint density at radius 3 is 2.23 bits per heavy atom. The zero-order valence-corrected chi connectivity index (χ0v) is 27.5. The number of anilines is 1. The average molecular weight is 685 g/mol. The maximum absolute atomic E-state index is 13.7. The number of nitrogens with one attached hydrogen (secondary N) is 1. The number of ether oxygens (including phenoxy) is 4. The highest BCUT2D eigenvalue weighted by Crippen LogP contribution is 2.41. The normalized spacial score (nSPS) is 11.6. The standard InChI is InChI=1S/C31H36N6O10S/c1-31(2,3)21-12-14-22(15-13-21)48(41,42)36-27-26(47-24-10-6-5-9-23(24)43-4)30(35-29(34-27)28-32-16-8-17-33-28)45-20-19-44-25(38)11-7-18-46-37(39)40/h5-6,8-10,12-17,39-40H,7,11,18-20H2,1-4H3,(H,34,35,36). The molecule has 256 valence electrons. The van der Waals surface area contributed by atoms with Crippen LogP contribution in [0, 0.1) is 0 Å². The number of esters is 1. The molecular weight excluding hydrogens is 648 g/mol. The summed E-state index contributed by atoms with van der Waals surface area (Å²) in [7, 11) is -2.79. The molecule has 0 unspecified atom stereocenters. The molecule has 0 saturated carbocycles. The number of hydrogen-bond donors (Lipinski definition) is 3. The van der Waals surface area contributed by atoms with E-state index in [1.54, 1.807) is 42.5 Å². The number of para-hydroxylation sites is 2. The lowest BCUT2D eigenvalue weighted by Crippen LogP contribution is -2.18. The van der Waals surface area contributed by atoms with Crippen LogP contribution in [-0.2, 0) is 29.8 Å². The van der Waals surface area contributed by atoms with Gasteiger partial charge >= 0.3 is 5.97 Å². The first kappa shape index (κ1) is 35.9. The Balaban J connectivity index is 1.69. The molecule has 2 aromatic carbocycles. The summed E-state index contributed by atoms with van der Waals surface area (Å²) >= 11 is 0. The number of hydrogen-bond acceptors (Lipinski definition) is 15. The molecule has 0 aliphatic heterocycles. The second kappa shape index (κ2) is 16.2. The summed E-state index contributed by atoms with van der Waals surface area (Å²) < 4.78 is 52.6. The van der Waals surface area contributed by atoms with Crippen molar-refractivity contribution in [2.24, 2.45) is 0 Å². The number of sulfonamides is 1. The van der Waals surface area contributed by atoms with Gasteiger partial charge in [0, 0.05) is 18.8 Å². The zero-order chi connectivity index (χ0) is 34.7. The van der Waals surface area contributed by atoms with Gasteiger partial charge in [0.15, 0.2) is 23.1 Å². The Kier molecular flexibility index (Phi) is 12.2. The molecule has 2 aromatic heterocycles. The Hall–Kier alpha value is -4.94. The maximum atomic E-state index is 13.7. The molecule has 0 atom stereocenters. The van der Waals surface area contributed by atoms with E-state index >= 15 is 0 Å². The van der Waals surface area contributed by atoms with Crippen LogP contribution in [0.15, 0.2) is 71.9 Å². The first-order chi connectivity index (χ1) is 22.9. The third-order valence-corrected chi connectivity index (χ3v) is 7.82. The number of benzene rings is 2. The highest BCUT2D eigenvalue weighted by Gasteiger charge is 2.26. The van der Waals surface area contributed by atoms with Crippen molar-refractivity contribution in [3.8, 4) is 34.8 Å². The van der Waals surface area contributed by atoms with Crippen LogP contribution in [0.5, 0.6) is 23.1 Å². The van der Waals surface area contributed by atoms with E-state index in [-0.39, 0.29) is 77.8 Å². The SMILES string of the molecule is COc1ccccc1Oc1c(NS(=O)(=O)c2ccc(C(C)(C)C)cc2)nc(-c2ncccn2)nc1OCCOC(=O)CCCON(O)O. The first-order valence-electron chi connectivity index (χ1n) is 14.6. The van der Waals surface area contributed by atoms with Gasteiger partial charge in [0.2, 0.25) is 11.6 Å². The van der Waals surface area contributed by atoms with Crippen molar-refractivity contribution in [1.29, 1.82) is 0 Å². The van der Waals surface area contributed by atoms with E-state index in [4.69, 9.17) is 29.4 Å². The fourth-order valence-electron chi connectivity index (χ4n) is 4.07. The van der Waals surface area contributed by atoms with Crippen molar-refractivity contribution < 1.29 is 47.4 Å². The van der Waals surface area contributed by atoms with Gasteiger partial charge in [0.1, 0.15) is 13.2 Å². The molecule has 4 aromatic rings. The third-order valence-electron chi connectivity index (χ3n) is 6.46. The maximum Gasteiger partial charge on any atom is 0.305 e. The summed E-state index contributed by atoms with van der Waals surface area (Å²) in [4.78, 5) is 33.7. The Morgan fingerprint density at radius 2 is 1.58 bits per heavy atom. The Bertz CT molecular complexity index is 1770. The van der Waals surface area contributed by atoms with Crippen LogP contribution in [0.2, 0.25) is 0 Å². The van der Waals surface area contributed by atoms with E-state index < -0.39 is 21.4 Å². The minimum atomic E-state index is -4.24. The van der Waals surface area contributed by atoms with Gasteiger partial charge in [-0.25, -0.2) is 23.4 Å². The number of rotatable bonds is 16. The smallest absolute Gasteiger partial charge is 0.305 e. The number of nitrogens with zero attached hydrogens (tertiary/aromatic N) is 5. The molecule has 0 saturated heterocycles. The molecule has 0 bridgehead atoms. The molecule has 4 rings (SSSR count). The van der Waals surface area contributed by atoms with Crippen LogP contribution in [0.4, 0.5) is 5.82 Å². The molecule has 0 spiro atoms. The summed E-state index contributed by atoms with van der Waals surface area (Å²) in [5, 5.41) is 16.7. The summed E-state index contributed by atoms with van der Waals surface area (Å²) in [6, 6.07) is 14.7.